The molecule has 7 heteroatoms. The van der Waals surface area contributed by atoms with Gasteiger partial charge >= 0.3 is 0 Å². The van der Waals surface area contributed by atoms with E-state index in [4.69, 9.17) is 17.3 Å². The molecule has 0 aliphatic heterocycles. The van der Waals surface area contributed by atoms with E-state index in [0.717, 1.165) is 16.6 Å². The van der Waals surface area contributed by atoms with Crippen molar-refractivity contribution in [2.24, 2.45) is 5.10 Å². The Morgan fingerprint density at radius 2 is 2.00 bits per heavy atom. The van der Waals surface area contributed by atoms with E-state index in [1.807, 2.05) is 36.4 Å². The summed E-state index contributed by atoms with van der Waals surface area (Å²) in [6.45, 7) is 0. The molecule has 0 unspecified atom stereocenters. The molecule has 6 nitrogen and oxygen atoms in total. The summed E-state index contributed by atoms with van der Waals surface area (Å²) in [5.41, 5.74) is 10.3. The van der Waals surface area contributed by atoms with Crippen LogP contribution in [0, 0.1) is 0 Å². The number of nitrogen functional groups attached to an aromatic ring is 1. The fraction of sp³-hybridized carbons (Fsp3) is 0. The van der Waals surface area contributed by atoms with Crippen molar-refractivity contribution in [2.75, 3.05) is 11.2 Å². The lowest BCUT2D eigenvalue weighted by Gasteiger charge is -2.03. The van der Waals surface area contributed by atoms with E-state index in [-0.39, 0.29) is 10.8 Å². The minimum atomic E-state index is 0.187. The molecule has 0 atom stereocenters. The summed E-state index contributed by atoms with van der Waals surface area (Å²) < 4.78 is 0. The van der Waals surface area contributed by atoms with Gasteiger partial charge in [0, 0.05) is 5.39 Å². The molecule has 0 spiro atoms. The Morgan fingerprint density at radius 1 is 1.14 bits per heavy atom. The number of aromatic nitrogens is 3. The van der Waals surface area contributed by atoms with Gasteiger partial charge in [-0.15, -0.1) is 0 Å². The second-order valence-corrected chi connectivity index (χ2v) is 4.58. The topological polar surface area (TPSA) is 89.1 Å². The molecule has 3 N–H and O–H groups in total. The maximum absolute atomic E-state index is 5.79. The number of hydrogen-bond acceptors (Lipinski definition) is 6. The second-order valence-electron chi connectivity index (χ2n) is 4.23. The second kappa shape index (κ2) is 5.72. The summed E-state index contributed by atoms with van der Waals surface area (Å²) in [5.74, 6) is 0.354. The Kier molecular flexibility index (Phi) is 3.61. The van der Waals surface area contributed by atoms with Crippen LogP contribution in [-0.2, 0) is 0 Å². The van der Waals surface area contributed by atoms with Gasteiger partial charge in [-0.2, -0.15) is 5.10 Å². The molecule has 3 aromatic rings. The fourth-order valence-corrected chi connectivity index (χ4v) is 1.91. The predicted octanol–water partition coefficient (Wildman–Crippen LogP) is 2.71. The van der Waals surface area contributed by atoms with Crippen LogP contribution in [0.5, 0.6) is 0 Å². The number of nitrogens with two attached hydrogens (primary N) is 1. The minimum Gasteiger partial charge on any atom is -0.393 e. The minimum absolute atomic E-state index is 0.187. The van der Waals surface area contributed by atoms with Crippen LogP contribution in [0.2, 0.25) is 5.15 Å². The lowest BCUT2D eigenvalue weighted by atomic mass is 10.2. The van der Waals surface area contributed by atoms with E-state index in [9.17, 15) is 0 Å². The maximum atomic E-state index is 5.79. The molecule has 104 valence electrons. The van der Waals surface area contributed by atoms with Gasteiger partial charge in [0.25, 0.3) is 0 Å². The van der Waals surface area contributed by atoms with E-state index >= 15 is 0 Å². The van der Waals surface area contributed by atoms with Crippen LogP contribution < -0.4 is 11.2 Å². The van der Waals surface area contributed by atoms with Crippen LogP contribution in [0.15, 0.2) is 47.8 Å². The first-order valence-corrected chi connectivity index (χ1v) is 6.52. The zero-order valence-electron chi connectivity index (χ0n) is 10.9. The molecule has 0 saturated carbocycles. The van der Waals surface area contributed by atoms with Crippen LogP contribution in [0.1, 0.15) is 5.69 Å². The summed E-state index contributed by atoms with van der Waals surface area (Å²) in [6, 6.07) is 11.7. The number of pyridine rings is 1. The lowest BCUT2D eigenvalue weighted by Crippen LogP contribution is -2.01. The maximum Gasteiger partial charge on any atom is 0.174 e. The van der Waals surface area contributed by atoms with Gasteiger partial charge in [-0.05, 0) is 12.1 Å². The van der Waals surface area contributed by atoms with Crippen LogP contribution >= 0.6 is 11.6 Å². The van der Waals surface area contributed by atoms with E-state index < -0.39 is 0 Å². The normalized spacial score (nSPS) is 11.1. The van der Waals surface area contributed by atoms with E-state index in [2.05, 4.69) is 25.5 Å². The number of rotatable bonds is 3. The molecular weight excluding hydrogens is 288 g/mol. The lowest BCUT2D eigenvalue weighted by molar-refractivity contribution is 1.14. The summed E-state index contributed by atoms with van der Waals surface area (Å²) in [6.07, 6.45) is 2.90. The highest BCUT2D eigenvalue weighted by atomic mass is 35.5. The van der Waals surface area contributed by atoms with Gasteiger partial charge in [-0.3, -0.25) is 5.43 Å². The number of hydrogen-bond donors (Lipinski definition) is 2. The molecule has 2 heterocycles. The molecule has 2 aromatic heterocycles. The van der Waals surface area contributed by atoms with Crippen molar-refractivity contribution in [3.8, 4) is 0 Å². The summed E-state index contributed by atoms with van der Waals surface area (Å²) in [5, 5.41) is 5.32. The molecule has 21 heavy (non-hydrogen) atoms. The molecule has 0 aliphatic rings. The van der Waals surface area contributed by atoms with Gasteiger partial charge < -0.3 is 5.73 Å². The van der Waals surface area contributed by atoms with Gasteiger partial charge in [0.2, 0.25) is 0 Å². The fourth-order valence-electron chi connectivity index (χ4n) is 1.78. The number of para-hydroxylation sites is 1. The van der Waals surface area contributed by atoms with Crippen LogP contribution in [0.4, 0.5) is 11.5 Å². The van der Waals surface area contributed by atoms with Crippen molar-refractivity contribution in [1.29, 1.82) is 0 Å². The highest BCUT2D eigenvalue weighted by Gasteiger charge is 2.04. The Labute approximate surface area is 125 Å². The molecule has 0 aliphatic carbocycles. The predicted molar refractivity (Wildman–Crippen MR) is 84.4 cm³/mol. The quantitative estimate of drug-likeness (QED) is 0.441. The van der Waals surface area contributed by atoms with Crippen molar-refractivity contribution in [1.82, 2.24) is 15.0 Å². The summed E-state index contributed by atoms with van der Waals surface area (Å²) in [7, 11) is 0. The number of hydrazone groups is 1. The first-order valence-electron chi connectivity index (χ1n) is 6.15. The zero-order valence-corrected chi connectivity index (χ0v) is 11.6. The number of halogens is 1. The molecule has 0 saturated heterocycles. The molecule has 0 amide bonds. The first-order chi connectivity index (χ1) is 10.2. The van der Waals surface area contributed by atoms with Crippen molar-refractivity contribution in [3.63, 3.8) is 0 Å². The average Bonchev–Trinajstić information content (AvgIpc) is 2.51. The van der Waals surface area contributed by atoms with Crippen LogP contribution in [0.25, 0.3) is 10.9 Å². The Bertz CT molecular complexity index is 817. The van der Waals surface area contributed by atoms with Gasteiger partial charge in [-0.1, -0.05) is 35.9 Å². The van der Waals surface area contributed by atoms with Crippen molar-refractivity contribution in [2.45, 2.75) is 0 Å². The third-order valence-corrected chi connectivity index (χ3v) is 3.12. The SMILES string of the molecule is Nc1c(Cl)ncnc1N/N=C/c1ccc2ccccc2n1. The largest absolute Gasteiger partial charge is 0.393 e. The van der Waals surface area contributed by atoms with Gasteiger partial charge in [-0.25, -0.2) is 15.0 Å². The number of benzene rings is 1. The molecule has 1 aromatic carbocycles. The molecule has 0 fully saturated rings. The number of nitrogens with zero attached hydrogens (tertiary/aromatic N) is 4. The van der Waals surface area contributed by atoms with Crippen LogP contribution in [-0.4, -0.2) is 21.2 Å². The first kappa shape index (κ1) is 13.3. The Hall–Kier alpha value is -2.73. The van der Waals surface area contributed by atoms with Crippen molar-refractivity contribution in [3.05, 3.63) is 53.6 Å². The van der Waals surface area contributed by atoms with E-state index in [1.165, 1.54) is 6.33 Å². The number of anilines is 2. The van der Waals surface area contributed by atoms with Crippen LogP contribution in [0.3, 0.4) is 0 Å². The van der Waals surface area contributed by atoms with Gasteiger partial charge in [0.15, 0.2) is 11.0 Å². The molecule has 0 bridgehead atoms. The standard InChI is InChI=1S/C14H11ClN6/c15-13-12(16)14(18-8-17-13)21-19-7-10-6-5-9-3-1-2-4-11(9)20-10/h1-8H,16H2,(H,17,18,21)/b19-7+. The third kappa shape index (κ3) is 2.90. The van der Waals surface area contributed by atoms with E-state index in [1.54, 1.807) is 6.21 Å². The average molecular weight is 299 g/mol. The Morgan fingerprint density at radius 3 is 2.90 bits per heavy atom. The smallest absolute Gasteiger partial charge is 0.174 e. The summed E-state index contributed by atoms with van der Waals surface area (Å²) in [4.78, 5) is 12.2. The van der Waals surface area contributed by atoms with Gasteiger partial charge in [0.05, 0.1) is 17.4 Å². The Balaban J connectivity index is 1.80. The number of fused-ring (bicyclic) bond motifs is 1. The molecule has 0 radical (unpaired) electrons. The van der Waals surface area contributed by atoms with E-state index in [0.29, 0.717) is 5.82 Å². The highest BCUT2D eigenvalue weighted by molar-refractivity contribution is 6.32. The molecule has 3 rings (SSSR count). The summed E-state index contributed by atoms with van der Waals surface area (Å²) >= 11 is 5.79. The van der Waals surface area contributed by atoms with Crippen molar-refractivity contribution >= 4 is 40.2 Å². The molecular formula is C14H11ClN6. The highest BCUT2D eigenvalue weighted by Crippen LogP contribution is 2.21. The third-order valence-electron chi connectivity index (χ3n) is 2.82. The van der Waals surface area contributed by atoms with Gasteiger partial charge in [0.1, 0.15) is 12.0 Å². The zero-order chi connectivity index (χ0) is 14.7. The van der Waals surface area contributed by atoms with Crippen molar-refractivity contribution < 1.29 is 0 Å². The monoisotopic (exact) mass is 298 g/mol. The number of nitrogens with one attached hydrogen (secondary N) is 1.